The number of rotatable bonds is 4. The summed E-state index contributed by atoms with van der Waals surface area (Å²) in [6.07, 6.45) is -0.694. The molecule has 1 aromatic heterocycles. The van der Waals surface area contributed by atoms with Crippen molar-refractivity contribution in [3.8, 4) is 5.69 Å². The highest BCUT2D eigenvalue weighted by molar-refractivity contribution is 9.10. The minimum absolute atomic E-state index is 0.246. The zero-order valence-corrected chi connectivity index (χ0v) is 15.0. The van der Waals surface area contributed by atoms with E-state index in [4.69, 9.17) is 5.11 Å². The highest BCUT2D eigenvalue weighted by atomic mass is 79.9. The lowest BCUT2D eigenvalue weighted by Gasteiger charge is -2.20. The number of aromatic nitrogens is 2. The second-order valence-electron chi connectivity index (χ2n) is 5.49. The third-order valence-electron chi connectivity index (χ3n) is 3.90. The largest absolute Gasteiger partial charge is 0.465 e. The van der Waals surface area contributed by atoms with Crippen molar-refractivity contribution in [3.63, 3.8) is 0 Å². The molecule has 0 radical (unpaired) electrons. The number of carboxylic acid groups (broad SMARTS) is 1. The van der Waals surface area contributed by atoms with Crippen molar-refractivity contribution in [1.82, 2.24) is 14.9 Å². The molecule has 0 saturated heterocycles. The lowest BCUT2D eigenvalue weighted by Crippen LogP contribution is -2.33. The van der Waals surface area contributed by atoms with Crippen LogP contribution in [0.5, 0.6) is 0 Å². The second kappa shape index (κ2) is 7.06. The summed E-state index contributed by atoms with van der Waals surface area (Å²) in [6, 6.07) is 13.8. The van der Waals surface area contributed by atoms with Crippen LogP contribution in [-0.2, 0) is 0 Å². The van der Waals surface area contributed by atoms with E-state index in [0.29, 0.717) is 33.3 Å². The first-order valence-corrected chi connectivity index (χ1v) is 8.58. The number of nitrogens with zero attached hydrogens (tertiary/aromatic N) is 2. The molecule has 0 aliphatic heterocycles. The van der Waals surface area contributed by atoms with Crippen LogP contribution >= 0.6 is 15.9 Å². The van der Waals surface area contributed by atoms with Crippen molar-refractivity contribution in [2.24, 2.45) is 0 Å². The first kappa shape index (κ1) is 17.2. The van der Waals surface area contributed by atoms with Gasteiger partial charge in [-0.1, -0.05) is 31.2 Å². The van der Waals surface area contributed by atoms with Crippen LogP contribution in [-0.4, -0.2) is 20.8 Å². The molecule has 1 atom stereocenters. The summed E-state index contributed by atoms with van der Waals surface area (Å²) >= 11 is 3.41. The van der Waals surface area contributed by atoms with E-state index in [9.17, 15) is 9.59 Å². The molecule has 0 spiro atoms. The van der Waals surface area contributed by atoms with Crippen molar-refractivity contribution in [2.45, 2.75) is 19.4 Å². The fourth-order valence-electron chi connectivity index (χ4n) is 2.77. The third-order valence-corrected chi connectivity index (χ3v) is 4.57. The van der Waals surface area contributed by atoms with Crippen molar-refractivity contribution < 1.29 is 9.90 Å². The molecule has 0 bridgehead atoms. The van der Waals surface area contributed by atoms with Gasteiger partial charge in [-0.15, -0.1) is 0 Å². The fraction of sp³-hybridized carbons (Fsp3) is 0.167. The quantitative estimate of drug-likeness (QED) is 0.694. The van der Waals surface area contributed by atoms with Gasteiger partial charge in [0.15, 0.2) is 0 Å². The van der Waals surface area contributed by atoms with Gasteiger partial charge in [0.25, 0.3) is 5.56 Å². The number of para-hydroxylation sites is 1. The van der Waals surface area contributed by atoms with E-state index in [1.807, 2.05) is 25.1 Å². The molecule has 0 fully saturated rings. The highest BCUT2D eigenvalue weighted by Crippen LogP contribution is 2.24. The zero-order valence-electron chi connectivity index (χ0n) is 13.4. The van der Waals surface area contributed by atoms with Crippen LogP contribution in [0.2, 0.25) is 0 Å². The summed E-state index contributed by atoms with van der Waals surface area (Å²) in [5.41, 5.74) is 0.912. The molecule has 1 heterocycles. The molecule has 0 aliphatic carbocycles. The Morgan fingerprint density at radius 3 is 2.60 bits per heavy atom. The number of carbonyl (C=O) groups is 1. The van der Waals surface area contributed by atoms with Gasteiger partial charge in [0.2, 0.25) is 0 Å². The monoisotopic (exact) mass is 401 g/mol. The predicted molar refractivity (Wildman–Crippen MR) is 99.2 cm³/mol. The molecule has 2 aromatic carbocycles. The Hall–Kier alpha value is -2.67. The first-order valence-electron chi connectivity index (χ1n) is 7.79. The van der Waals surface area contributed by atoms with Gasteiger partial charge < -0.3 is 10.4 Å². The average molecular weight is 402 g/mol. The SMILES string of the molecule is CCC(NC(=O)O)c1nc2cccc(Br)c2c(=O)n1-c1ccccc1. The Morgan fingerprint density at radius 2 is 1.96 bits per heavy atom. The van der Waals surface area contributed by atoms with Crippen LogP contribution in [0.1, 0.15) is 25.2 Å². The molecule has 3 aromatic rings. The van der Waals surface area contributed by atoms with Gasteiger partial charge in [-0.2, -0.15) is 0 Å². The van der Waals surface area contributed by atoms with E-state index >= 15 is 0 Å². The second-order valence-corrected chi connectivity index (χ2v) is 6.34. The van der Waals surface area contributed by atoms with E-state index < -0.39 is 12.1 Å². The number of fused-ring (bicyclic) bond motifs is 1. The first-order chi connectivity index (χ1) is 12.0. The highest BCUT2D eigenvalue weighted by Gasteiger charge is 2.22. The zero-order chi connectivity index (χ0) is 18.0. The maximum Gasteiger partial charge on any atom is 0.405 e. The average Bonchev–Trinajstić information content (AvgIpc) is 2.60. The van der Waals surface area contributed by atoms with Gasteiger partial charge in [0.1, 0.15) is 5.82 Å². The fourth-order valence-corrected chi connectivity index (χ4v) is 3.29. The summed E-state index contributed by atoms with van der Waals surface area (Å²) in [6.45, 7) is 1.84. The van der Waals surface area contributed by atoms with Crippen molar-refractivity contribution in [2.75, 3.05) is 0 Å². The number of halogens is 1. The lowest BCUT2D eigenvalue weighted by atomic mass is 10.1. The van der Waals surface area contributed by atoms with Gasteiger partial charge in [0, 0.05) is 4.47 Å². The maximum absolute atomic E-state index is 13.2. The summed E-state index contributed by atoms with van der Waals surface area (Å²) < 4.78 is 2.12. The molecule has 0 aliphatic rings. The number of hydrogen-bond donors (Lipinski definition) is 2. The minimum atomic E-state index is -1.16. The van der Waals surface area contributed by atoms with E-state index in [-0.39, 0.29) is 5.56 Å². The van der Waals surface area contributed by atoms with Crippen molar-refractivity contribution >= 4 is 32.9 Å². The Bertz CT molecular complexity index is 986. The van der Waals surface area contributed by atoms with Crippen LogP contribution < -0.4 is 10.9 Å². The summed E-state index contributed by atoms with van der Waals surface area (Å²) in [4.78, 5) is 29.0. The molecule has 7 heteroatoms. The van der Waals surface area contributed by atoms with Crippen molar-refractivity contribution in [3.05, 3.63) is 69.2 Å². The van der Waals surface area contributed by atoms with Crippen LogP contribution in [0.4, 0.5) is 4.79 Å². The molecule has 3 rings (SSSR count). The number of hydrogen-bond acceptors (Lipinski definition) is 3. The molecule has 6 nitrogen and oxygen atoms in total. The summed E-state index contributed by atoms with van der Waals surface area (Å²) in [5.74, 6) is 0.367. The molecule has 2 N–H and O–H groups in total. The third kappa shape index (κ3) is 3.28. The predicted octanol–water partition coefficient (Wildman–Crippen LogP) is 3.87. The topological polar surface area (TPSA) is 84.2 Å². The van der Waals surface area contributed by atoms with Crippen molar-refractivity contribution in [1.29, 1.82) is 0 Å². The Labute approximate surface area is 152 Å². The molecule has 0 saturated carbocycles. The van der Waals surface area contributed by atoms with Crippen LogP contribution in [0.15, 0.2) is 57.8 Å². The van der Waals surface area contributed by atoms with Gasteiger partial charge >= 0.3 is 6.09 Å². The van der Waals surface area contributed by atoms with E-state index in [2.05, 4.69) is 26.2 Å². The molecule has 1 unspecified atom stereocenters. The van der Waals surface area contributed by atoms with E-state index in [0.717, 1.165) is 0 Å². The summed E-state index contributed by atoms with van der Waals surface area (Å²) in [7, 11) is 0. The molecular weight excluding hydrogens is 386 g/mol. The maximum atomic E-state index is 13.2. The number of amides is 1. The van der Waals surface area contributed by atoms with Crippen LogP contribution in [0.25, 0.3) is 16.6 Å². The van der Waals surface area contributed by atoms with E-state index in [1.165, 1.54) is 4.57 Å². The van der Waals surface area contributed by atoms with Crippen LogP contribution in [0, 0.1) is 0 Å². The van der Waals surface area contributed by atoms with Gasteiger partial charge in [0.05, 0.1) is 22.6 Å². The molecule has 25 heavy (non-hydrogen) atoms. The van der Waals surface area contributed by atoms with Gasteiger partial charge in [-0.25, -0.2) is 9.78 Å². The number of benzene rings is 2. The van der Waals surface area contributed by atoms with E-state index in [1.54, 1.807) is 30.3 Å². The Morgan fingerprint density at radius 1 is 1.24 bits per heavy atom. The van der Waals surface area contributed by atoms with Crippen LogP contribution in [0.3, 0.4) is 0 Å². The summed E-state index contributed by atoms with van der Waals surface area (Å²) in [5, 5.41) is 12.0. The lowest BCUT2D eigenvalue weighted by molar-refractivity contribution is 0.188. The standard InChI is InChI=1S/C18H16BrN3O3/c1-2-13(21-18(24)25)16-20-14-10-6-9-12(19)15(14)17(23)22(16)11-7-4-3-5-8-11/h3-10,13,21H,2H2,1H3,(H,24,25). The van der Waals surface area contributed by atoms with Gasteiger partial charge in [-0.05, 0) is 46.6 Å². The molecule has 1 amide bonds. The Kier molecular flexibility index (Phi) is 4.85. The molecule has 128 valence electrons. The normalized spacial score (nSPS) is 12.1. The molecular formula is C18H16BrN3O3. The Balaban J connectivity index is 2.38. The number of nitrogens with one attached hydrogen (secondary N) is 1. The smallest absolute Gasteiger partial charge is 0.405 e. The van der Waals surface area contributed by atoms with Gasteiger partial charge in [-0.3, -0.25) is 9.36 Å². The minimum Gasteiger partial charge on any atom is -0.465 e.